The van der Waals surface area contributed by atoms with Crippen LogP contribution in [-0.2, 0) is 10.0 Å². The summed E-state index contributed by atoms with van der Waals surface area (Å²) in [7, 11) is -3.40. The molecule has 0 spiro atoms. The molecule has 0 bridgehead atoms. The van der Waals surface area contributed by atoms with Gasteiger partial charge in [-0.05, 0) is 42.8 Å². The van der Waals surface area contributed by atoms with E-state index in [1.165, 1.54) is 16.8 Å². The van der Waals surface area contributed by atoms with Gasteiger partial charge in [0.2, 0.25) is 10.0 Å². The smallest absolute Gasteiger partial charge is 0.257 e. The van der Waals surface area contributed by atoms with Crippen molar-refractivity contribution in [1.82, 2.24) is 14.8 Å². The molecular formula is C19H19N5O3S. The summed E-state index contributed by atoms with van der Waals surface area (Å²) in [4.78, 5) is 16.4. The molecule has 1 aromatic carbocycles. The van der Waals surface area contributed by atoms with Crippen LogP contribution >= 0.6 is 0 Å². The molecule has 144 valence electrons. The van der Waals surface area contributed by atoms with Crippen LogP contribution in [-0.4, -0.2) is 41.9 Å². The molecule has 1 aliphatic heterocycles. The van der Waals surface area contributed by atoms with E-state index >= 15 is 0 Å². The number of carbonyl (C=O) groups excluding carboxylic acids is 1. The third-order valence-electron chi connectivity index (χ3n) is 4.69. The molecule has 0 saturated carbocycles. The number of anilines is 2. The van der Waals surface area contributed by atoms with E-state index in [1.807, 2.05) is 23.0 Å². The van der Waals surface area contributed by atoms with Crippen molar-refractivity contribution >= 4 is 27.3 Å². The van der Waals surface area contributed by atoms with Gasteiger partial charge >= 0.3 is 0 Å². The number of hydrogen-bond donors (Lipinski definition) is 1. The average Bonchev–Trinajstić information content (AvgIpc) is 3.21. The number of nitrogens with one attached hydrogen (secondary N) is 1. The number of fused-ring (bicyclic) bond motifs is 1. The maximum Gasteiger partial charge on any atom is 0.257 e. The number of benzene rings is 1. The van der Waals surface area contributed by atoms with Gasteiger partial charge in [-0.1, -0.05) is 0 Å². The van der Waals surface area contributed by atoms with Gasteiger partial charge in [0, 0.05) is 42.6 Å². The molecule has 9 heteroatoms. The first-order valence-corrected chi connectivity index (χ1v) is 10.6. The van der Waals surface area contributed by atoms with E-state index in [1.54, 1.807) is 36.7 Å². The Kier molecular flexibility index (Phi) is 4.60. The molecule has 0 radical (unpaired) electrons. The van der Waals surface area contributed by atoms with Gasteiger partial charge in [-0.15, -0.1) is 0 Å². The summed E-state index contributed by atoms with van der Waals surface area (Å²) in [5.74, 6) is -0.278. The van der Waals surface area contributed by atoms with E-state index < -0.39 is 10.0 Å². The summed E-state index contributed by atoms with van der Waals surface area (Å²) in [6.45, 7) is 0.373. The number of amides is 1. The molecule has 0 fully saturated rings. The fourth-order valence-electron chi connectivity index (χ4n) is 3.43. The van der Waals surface area contributed by atoms with E-state index in [0.717, 1.165) is 5.56 Å². The lowest BCUT2D eigenvalue weighted by Crippen LogP contribution is -2.37. The number of pyridine rings is 1. The molecular weight excluding hydrogens is 378 g/mol. The van der Waals surface area contributed by atoms with Crippen molar-refractivity contribution in [2.24, 2.45) is 0 Å². The fraction of sp³-hybridized carbons (Fsp3) is 0.211. The number of hydrogen-bond acceptors (Lipinski definition) is 5. The minimum Gasteiger partial charge on any atom is -0.322 e. The number of nitrogens with zero attached hydrogens (tertiary/aromatic N) is 4. The first-order valence-electron chi connectivity index (χ1n) is 8.75. The second kappa shape index (κ2) is 7.08. The molecule has 1 unspecified atom stereocenters. The van der Waals surface area contributed by atoms with Crippen LogP contribution in [0.2, 0.25) is 0 Å². The van der Waals surface area contributed by atoms with Crippen LogP contribution in [0.5, 0.6) is 0 Å². The van der Waals surface area contributed by atoms with Crippen LogP contribution in [0.1, 0.15) is 28.4 Å². The molecule has 0 saturated heterocycles. The predicted octanol–water partition coefficient (Wildman–Crippen LogP) is 2.29. The summed E-state index contributed by atoms with van der Waals surface area (Å²) < 4.78 is 27.6. The number of aromatic nitrogens is 3. The molecule has 28 heavy (non-hydrogen) atoms. The molecule has 1 atom stereocenters. The highest BCUT2D eigenvalue weighted by Crippen LogP contribution is 2.38. The van der Waals surface area contributed by atoms with Gasteiger partial charge in [0.1, 0.15) is 0 Å². The summed E-state index contributed by atoms with van der Waals surface area (Å²) >= 11 is 0. The first kappa shape index (κ1) is 18.2. The van der Waals surface area contributed by atoms with E-state index in [9.17, 15) is 13.2 Å². The zero-order chi connectivity index (χ0) is 19.7. The monoisotopic (exact) mass is 397 g/mol. The molecule has 4 rings (SSSR count). The van der Waals surface area contributed by atoms with Gasteiger partial charge in [-0.3, -0.25) is 18.8 Å². The summed E-state index contributed by atoms with van der Waals surface area (Å²) in [5, 5.41) is 7.17. The minimum atomic E-state index is -3.40. The Balaban J connectivity index is 1.72. The van der Waals surface area contributed by atoms with Gasteiger partial charge < -0.3 is 5.32 Å². The zero-order valence-electron chi connectivity index (χ0n) is 15.2. The third kappa shape index (κ3) is 3.48. The van der Waals surface area contributed by atoms with E-state index in [-0.39, 0.29) is 11.9 Å². The van der Waals surface area contributed by atoms with E-state index in [2.05, 4.69) is 15.4 Å². The maximum absolute atomic E-state index is 12.4. The number of rotatable bonds is 4. The summed E-state index contributed by atoms with van der Waals surface area (Å²) in [5.41, 5.74) is 2.43. The van der Waals surface area contributed by atoms with Crippen molar-refractivity contribution in [3.63, 3.8) is 0 Å². The molecule has 3 aromatic rings. The van der Waals surface area contributed by atoms with Crippen molar-refractivity contribution in [2.45, 2.75) is 12.5 Å². The zero-order valence-corrected chi connectivity index (χ0v) is 16.0. The van der Waals surface area contributed by atoms with Crippen molar-refractivity contribution in [3.05, 3.63) is 72.3 Å². The second-order valence-electron chi connectivity index (χ2n) is 6.60. The highest BCUT2D eigenvalue weighted by molar-refractivity contribution is 7.92. The van der Waals surface area contributed by atoms with Gasteiger partial charge in [0.25, 0.3) is 5.91 Å². The lowest BCUT2D eigenvalue weighted by Gasteiger charge is -2.34. The quantitative estimate of drug-likeness (QED) is 0.728. The summed E-state index contributed by atoms with van der Waals surface area (Å²) in [6.07, 6.45) is 8.42. The highest BCUT2D eigenvalue weighted by atomic mass is 32.2. The Morgan fingerprint density at radius 2 is 2.07 bits per heavy atom. The van der Waals surface area contributed by atoms with Crippen LogP contribution < -0.4 is 9.62 Å². The maximum atomic E-state index is 12.4. The Morgan fingerprint density at radius 3 is 2.75 bits per heavy atom. The third-order valence-corrected chi connectivity index (χ3v) is 5.87. The molecule has 2 aromatic heterocycles. The highest BCUT2D eigenvalue weighted by Gasteiger charge is 2.31. The lowest BCUT2D eigenvalue weighted by molar-refractivity contribution is 0.102. The molecule has 1 aliphatic rings. The minimum absolute atomic E-state index is 0.113. The average molecular weight is 397 g/mol. The molecule has 1 N–H and O–H groups in total. The van der Waals surface area contributed by atoms with E-state index in [4.69, 9.17) is 0 Å². The second-order valence-corrected chi connectivity index (χ2v) is 8.50. The topological polar surface area (TPSA) is 97.2 Å². The molecule has 1 amide bonds. The van der Waals surface area contributed by atoms with Crippen LogP contribution in [0.3, 0.4) is 0 Å². The van der Waals surface area contributed by atoms with Crippen LogP contribution in [0.4, 0.5) is 11.4 Å². The van der Waals surface area contributed by atoms with Gasteiger partial charge in [0.15, 0.2) is 0 Å². The SMILES string of the molecule is CS(=O)(=O)N1CCC(n2cccn2)c2cc(NC(=O)c3cccnc3)ccc21. The van der Waals surface area contributed by atoms with Crippen LogP contribution in [0.25, 0.3) is 0 Å². The van der Waals surface area contributed by atoms with Gasteiger partial charge in [-0.2, -0.15) is 5.10 Å². The Hall–Kier alpha value is -3.20. The van der Waals surface area contributed by atoms with E-state index in [0.29, 0.717) is 29.9 Å². The standard InChI is InChI=1S/C19H19N5O3S/c1-28(26,27)24-11-7-17(23-10-3-9-21-23)16-12-15(5-6-18(16)24)22-19(25)14-4-2-8-20-13-14/h2-6,8-10,12-13,17H,7,11H2,1H3,(H,22,25). The Labute approximate surface area is 162 Å². The van der Waals surface area contributed by atoms with Crippen molar-refractivity contribution < 1.29 is 13.2 Å². The largest absolute Gasteiger partial charge is 0.322 e. The summed E-state index contributed by atoms with van der Waals surface area (Å²) in [6, 6.07) is 10.3. The number of sulfonamides is 1. The Morgan fingerprint density at radius 1 is 1.21 bits per heavy atom. The first-order chi connectivity index (χ1) is 13.4. The van der Waals surface area contributed by atoms with Crippen molar-refractivity contribution in [2.75, 3.05) is 22.4 Å². The molecule has 0 aliphatic carbocycles. The van der Waals surface area contributed by atoms with Crippen LogP contribution in [0, 0.1) is 0 Å². The van der Waals surface area contributed by atoms with Crippen molar-refractivity contribution in [3.8, 4) is 0 Å². The van der Waals surface area contributed by atoms with Crippen LogP contribution in [0.15, 0.2) is 61.2 Å². The Bertz CT molecular complexity index is 1100. The predicted molar refractivity (Wildman–Crippen MR) is 106 cm³/mol. The van der Waals surface area contributed by atoms with Gasteiger partial charge in [0.05, 0.1) is 23.5 Å². The van der Waals surface area contributed by atoms with Gasteiger partial charge in [-0.25, -0.2) is 8.42 Å². The van der Waals surface area contributed by atoms with Crippen molar-refractivity contribution in [1.29, 1.82) is 0 Å². The lowest BCUT2D eigenvalue weighted by atomic mass is 9.97. The molecule has 8 nitrogen and oxygen atoms in total. The normalized spacial score (nSPS) is 16.5. The number of carbonyl (C=O) groups is 1. The fourth-order valence-corrected chi connectivity index (χ4v) is 4.39. The molecule has 3 heterocycles.